The molecular weight excluding hydrogens is 198 g/mol. The number of nitrogens with one attached hydrogen (secondary N) is 1. The number of hydrogen-bond acceptors (Lipinski definition) is 2. The van der Waals surface area contributed by atoms with Crippen LogP contribution in [0.5, 0.6) is 0 Å². The van der Waals surface area contributed by atoms with Gasteiger partial charge in [-0.15, -0.1) is 0 Å². The molecule has 1 aliphatic carbocycles. The molecule has 0 spiro atoms. The molecule has 2 nitrogen and oxygen atoms in total. The summed E-state index contributed by atoms with van der Waals surface area (Å²) in [7, 11) is 0. The van der Waals surface area contributed by atoms with Crippen LogP contribution in [0.15, 0.2) is 0 Å². The molecule has 1 heterocycles. The van der Waals surface area contributed by atoms with Crippen molar-refractivity contribution in [3.05, 3.63) is 0 Å². The van der Waals surface area contributed by atoms with Crippen molar-refractivity contribution in [3.63, 3.8) is 0 Å². The molecule has 1 saturated carbocycles. The van der Waals surface area contributed by atoms with Crippen LogP contribution in [-0.2, 0) is 4.74 Å². The highest BCUT2D eigenvalue weighted by Crippen LogP contribution is 2.32. The fourth-order valence-electron chi connectivity index (χ4n) is 3.06. The molecule has 0 aromatic carbocycles. The molecule has 0 bridgehead atoms. The van der Waals surface area contributed by atoms with E-state index in [4.69, 9.17) is 4.74 Å². The van der Waals surface area contributed by atoms with E-state index in [0.29, 0.717) is 18.1 Å². The Kier molecular flexibility index (Phi) is 4.26. The molecule has 0 radical (unpaired) electrons. The van der Waals surface area contributed by atoms with Crippen molar-refractivity contribution in [3.8, 4) is 0 Å². The van der Waals surface area contributed by atoms with Crippen LogP contribution in [0.3, 0.4) is 0 Å². The molecule has 94 valence electrons. The zero-order valence-electron chi connectivity index (χ0n) is 11.0. The SMILES string of the molecule is CC1CCC(OC2CCNCC2C)CC1C. The second-order valence-electron chi connectivity index (χ2n) is 6.03. The highest BCUT2D eigenvalue weighted by molar-refractivity contribution is 4.80. The van der Waals surface area contributed by atoms with Gasteiger partial charge in [0.2, 0.25) is 0 Å². The average Bonchev–Trinajstić information content (AvgIpc) is 2.27. The predicted molar refractivity (Wildman–Crippen MR) is 67.5 cm³/mol. The van der Waals surface area contributed by atoms with Gasteiger partial charge < -0.3 is 10.1 Å². The summed E-state index contributed by atoms with van der Waals surface area (Å²) in [6.45, 7) is 9.34. The lowest BCUT2D eigenvalue weighted by molar-refractivity contribution is -0.0771. The van der Waals surface area contributed by atoms with Crippen LogP contribution in [0, 0.1) is 17.8 Å². The van der Waals surface area contributed by atoms with Gasteiger partial charge in [0.25, 0.3) is 0 Å². The van der Waals surface area contributed by atoms with Gasteiger partial charge in [-0.1, -0.05) is 20.8 Å². The number of hydrogen-bond donors (Lipinski definition) is 1. The van der Waals surface area contributed by atoms with Gasteiger partial charge >= 0.3 is 0 Å². The van der Waals surface area contributed by atoms with Crippen molar-refractivity contribution in [2.45, 2.75) is 58.7 Å². The Morgan fingerprint density at radius 3 is 2.44 bits per heavy atom. The summed E-state index contributed by atoms with van der Waals surface area (Å²) >= 11 is 0. The topological polar surface area (TPSA) is 21.3 Å². The van der Waals surface area contributed by atoms with E-state index < -0.39 is 0 Å². The van der Waals surface area contributed by atoms with E-state index in [1.54, 1.807) is 0 Å². The van der Waals surface area contributed by atoms with Gasteiger partial charge in [-0.05, 0) is 50.0 Å². The minimum Gasteiger partial charge on any atom is -0.375 e. The third kappa shape index (κ3) is 2.98. The smallest absolute Gasteiger partial charge is 0.0628 e. The lowest BCUT2D eigenvalue weighted by Crippen LogP contribution is -2.42. The normalized spacial score (nSPS) is 45.6. The van der Waals surface area contributed by atoms with Crippen LogP contribution in [0.4, 0.5) is 0 Å². The molecule has 1 aliphatic heterocycles. The van der Waals surface area contributed by atoms with Gasteiger partial charge in [0.1, 0.15) is 0 Å². The predicted octanol–water partition coefficient (Wildman–Crippen LogP) is 2.83. The third-order valence-electron chi connectivity index (χ3n) is 4.62. The first-order chi connectivity index (χ1) is 7.66. The zero-order valence-corrected chi connectivity index (χ0v) is 11.0. The summed E-state index contributed by atoms with van der Waals surface area (Å²) in [6.07, 6.45) is 6.15. The van der Waals surface area contributed by atoms with Gasteiger partial charge in [-0.25, -0.2) is 0 Å². The Labute approximate surface area is 100 Å². The van der Waals surface area contributed by atoms with Crippen molar-refractivity contribution >= 4 is 0 Å². The Bertz CT molecular complexity index is 219. The van der Waals surface area contributed by atoms with E-state index in [1.165, 1.54) is 25.7 Å². The molecule has 0 aromatic rings. The van der Waals surface area contributed by atoms with Crippen molar-refractivity contribution in [1.82, 2.24) is 5.32 Å². The van der Waals surface area contributed by atoms with Gasteiger partial charge in [0, 0.05) is 6.54 Å². The van der Waals surface area contributed by atoms with Gasteiger partial charge in [-0.2, -0.15) is 0 Å². The fraction of sp³-hybridized carbons (Fsp3) is 1.00. The van der Waals surface area contributed by atoms with Crippen molar-refractivity contribution in [2.24, 2.45) is 17.8 Å². The van der Waals surface area contributed by atoms with Crippen LogP contribution in [0.2, 0.25) is 0 Å². The average molecular weight is 225 g/mol. The molecule has 16 heavy (non-hydrogen) atoms. The van der Waals surface area contributed by atoms with Gasteiger partial charge in [0.15, 0.2) is 0 Å². The second-order valence-corrected chi connectivity index (χ2v) is 6.03. The molecule has 0 aromatic heterocycles. The van der Waals surface area contributed by atoms with Crippen LogP contribution >= 0.6 is 0 Å². The van der Waals surface area contributed by atoms with Gasteiger partial charge in [0.05, 0.1) is 12.2 Å². The minimum absolute atomic E-state index is 0.506. The summed E-state index contributed by atoms with van der Waals surface area (Å²) in [5.74, 6) is 2.42. The second kappa shape index (κ2) is 5.50. The van der Waals surface area contributed by atoms with E-state index in [1.807, 2.05) is 0 Å². The summed E-state index contributed by atoms with van der Waals surface area (Å²) < 4.78 is 6.32. The molecule has 2 rings (SSSR count). The Morgan fingerprint density at radius 2 is 1.75 bits per heavy atom. The number of piperidine rings is 1. The molecular formula is C14H27NO. The molecule has 5 unspecified atom stereocenters. The van der Waals surface area contributed by atoms with Crippen LogP contribution in [0.1, 0.15) is 46.5 Å². The van der Waals surface area contributed by atoms with E-state index in [0.717, 1.165) is 24.9 Å². The maximum absolute atomic E-state index is 6.32. The highest BCUT2D eigenvalue weighted by atomic mass is 16.5. The molecule has 1 saturated heterocycles. The quantitative estimate of drug-likeness (QED) is 0.780. The number of ether oxygens (including phenoxy) is 1. The first-order valence-electron chi connectivity index (χ1n) is 7.03. The van der Waals surface area contributed by atoms with Crippen LogP contribution in [-0.4, -0.2) is 25.3 Å². The zero-order chi connectivity index (χ0) is 11.5. The van der Waals surface area contributed by atoms with Crippen molar-refractivity contribution in [2.75, 3.05) is 13.1 Å². The molecule has 2 heteroatoms. The van der Waals surface area contributed by atoms with E-state index in [2.05, 4.69) is 26.1 Å². The highest BCUT2D eigenvalue weighted by Gasteiger charge is 2.29. The third-order valence-corrected chi connectivity index (χ3v) is 4.62. The summed E-state index contributed by atoms with van der Waals surface area (Å²) in [6, 6.07) is 0. The van der Waals surface area contributed by atoms with Crippen molar-refractivity contribution in [1.29, 1.82) is 0 Å². The largest absolute Gasteiger partial charge is 0.375 e. The molecule has 1 N–H and O–H groups in total. The van der Waals surface area contributed by atoms with Gasteiger partial charge in [-0.3, -0.25) is 0 Å². The maximum Gasteiger partial charge on any atom is 0.0628 e. The first kappa shape index (κ1) is 12.4. The number of rotatable bonds is 2. The van der Waals surface area contributed by atoms with Crippen molar-refractivity contribution < 1.29 is 4.74 Å². The molecule has 2 fully saturated rings. The summed E-state index contributed by atoms with van der Waals surface area (Å²) in [4.78, 5) is 0. The fourth-order valence-corrected chi connectivity index (χ4v) is 3.06. The molecule has 0 amide bonds. The lowest BCUT2D eigenvalue weighted by atomic mass is 9.80. The Morgan fingerprint density at radius 1 is 0.938 bits per heavy atom. The first-order valence-corrected chi connectivity index (χ1v) is 7.03. The van der Waals surface area contributed by atoms with E-state index >= 15 is 0 Å². The maximum atomic E-state index is 6.32. The Hall–Kier alpha value is -0.0800. The molecule has 2 aliphatic rings. The standard InChI is InChI=1S/C14H27NO/c1-10-4-5-13(8-11(10)2)16-14-6-7-15-9-12(14)3/h10-15H,4-9H2,1-3H3. The summed E-state index contributed by atoms with van der Waals surface area (Å²) in [5.41, 5.74) is 0. The van der Waals surface area contributed by atoms with Crippen LogP contribution < -0.4 is 5.32 Å². The monoisotopic (exact) mass is 225 g/mol. The lowest BCUT2D eigenvalue weighted by Gasteiger charge is -2.37. The Balaban J connectivity index is 1.80. The van der Waals surface area contributed by atoms with E-state index in [9.17, 15) is 0 Å². The van der Waals surface area contributed by atoms with E-state index in [-0.39, 0.29) is 0 Å². The van der Waals surface area contributed by atoms with Crippen LogP contribution in [0.25, 0.3) is 0 Å². The minimum atomic E-state index is 0.506. The molecule has 5 atom stereocenters. The summed E-state index contributed by atoms with van der Waals surface area (Å²) in [5, 5.41) is 3.44.